The highest BCUT2D eigenvalue weighted by atomic mass is 19.3. The van der Waals surface area contributed by atoms with E-state index in [1.165, 1.54) is 0 Å². The van der Waals surface area contributed by atoms with Crippen LogP contribution in [-0.4, -0.2) is 11.8 Å². The smallest absolute Gasteiger partial charge is 0.248 e. The van der Waals surface area contributed by atoms with Gasteiger partial charge in [0.15, 0.2) is 0 Å². The Morgan fingerprint density at radius 2 is 2.17 bits per heavy atom. The molecule has 0 aromatic heterocycles. The first-order chi connectivity index (χ1) is 5.42. The van der Waals surface area contributed by atoms with Gasteiger partial charge in [-0.15, -0.1) is 0 Å². The standard InChI is InChI=1S/C8H13F2NO/c1-5-4-8(9,10)3-2-6(5)7(11)12/h5-6H,2-4H2,1H3,(H2,11,12). The Balaban J connectivity index is 2.60. The van der Waals surface area contributed by atoms with E-state index >= 15 is 0 Å². The van der Waals surface area contributed by atoms with Gasteiger partial charge in [-0.2, -0.15) is 0 Å². The lowest BCUT2D eigenvalue weighted by Crippen LogP contribution is -2.37. The Morgan fingerprint density at radius 3 is 2.58 bits per heavy atom. The Bertz CT molecular complexity index is 193. The molecule has 1 saturated carbocycles. The molecule has 0 bridgehead atoms. The quantitative estimate of drug-likeness (QED) is 0.648. The van der Waals surface area contributed by atoms with E-state index in [4.69, 9.17) is 5.73 Å². The van der Waals surface area contributed by atoms with Crippen molar-refractivity contribution in [1.29, 1.82) is 0 Å². The molecule has 1 aliphatic rings. The van der Waals surface area contributed by atoms with Crippen molar-refractivity contribution in [2.75, 3.05) is 0 Å². The third kappa shape index (κ3) is 1.93. The Hall–Kier alpha value is -0.670. The van der Waals surface area contributed by atoms with Crippen LogP contribution < -0.4 is 5.73 Å². The van der Waals surface area contributed by atoms with Crippen LogP contribution in [0.2, 0.25) is 0 Å². The van der Waals surface area contributed by atoms with Gasteiger partial charge in [-0.05, 0) is 12.3 Å². The van der Waals surface area contributed by atoms with E-state index in [9.17, 15) is 13.6 Å². The number of nitrogens with two attached hydrogens (primary N) is 1. The molecule has 0 spiro atoms. The van der Waals surface area contributed by atoms with Crippen molar-refractivity contribution in [3.8, 4) is 0 Å². The predicted molar refractivity (Wildman–Crippen MR) is 40.6 cm³/mol. The summed E-state index contributed by atoms with van der Waals surface area (Å²) in [6, 6.07) is 0. The van der Waals surface area contributed by atoms with Crippen LogP contribution in [0.5, 0.6) is 0 Å². The van der Waals surface area contributed by atoms with Crippen molar-refractivity contribution in [2.24, 2.45) is 17.6 Å². The molecule has 0 saturated heterocycles. The minimum Gasteiger partial charge on any atom is -0.369 e. The van der Waals surface area contributed by atoms with Gasteiger partial charge in [-0.1, -0.05) is 6.92 Å². The fraction of sp³-hybridized carbons (Fsp3) is 0.875. The van der Waals surface area contributed by atoms with Crippen LogP contribution in [-0.2, 0) is 4.79 Å². The summed E-state index contributed by atoms with van der Waals surface area (Å²) in [6.45, 7) is 1.66. The van der Waals surface area contributed by atoms with E-state index in [0.717, 1.165) is 0 Å². The van der Waals surface area contributed by atoms with Gasteiger partial charge in [-0.3, -0.25) is 4.79 Å². The largest absolute Gasteiger partial charge is 0.369 e. The lowest BCUT2D eigenvalue weighted by molar-refractivity contribution is -0.129. The van der Waals surface area contributed by atoms with Crippen molar-refractivity contribution in [3.63, 3.8) is 0 Å². The molecule has 2 N–H and O–H groups in total. The molecule has 0 aromatic carbocycles. The number of carbonyl (C=O) groups excluding carboxylic acids is 1. The molecule has 0 radical (unpaired) electrons. The summed E-state index contributed by atoms with van der Waals surface area (Å²) in [6.07, 6.45) is -0.185. The first-order valence-electron chi connectivity index (χ1n) is 4.09. The lowest BCUT2D eigenvalue weighted by atomic mass is 9.78. The molecule has 2 unspecified atom stereocenters. The fourth-order valence-electron chi connectivity index (χ4n) is 1.79. The average Bonchev–Trinajstić information content (AvgIpc) is 1.83. The summed E-state index contributed by atoms with van der Waals surface area (Å²) in [5.74, 6) is -3.68. The maximum Gasteiger partial charge on any atom is 0.248 e. The van der Waals surface area contributed by atoms with Gasteiger partial charge in [-0.25, -0.2) is 8.78 Å². The van der Waals surface area contributed by atoms with Gasteiger partial charge in [0, 0.05) is 18.8 Å². The summed E-state index contributed by atoms with van der Waals surface area (Å²) < 4.78 is 25.5. The number of alkyl halides is 2. The second kappa shape index (κ2) is 2.99. The number of hydrogen-bond donors (Lipinski definition) is 1. The zero-order valence-electron chi connectivity index (χ0n) is 7.02. The van der Waals surface area contributed by atoms with Crippen molar-refractivity contribution in [2.45, 2.75) is 32.1 Å². The number of carbonyl (C=O) groups is 1. The van der Waals surface area contributed by atoms with E-state index in [1.807, 2.05) is 0 Å². The zero-order valence-corrected chi connectivity index (χ0v) is 7.02. The molecule has 0 aliphatic heterocycles. The van der Waals surface area contributed by atoms with E-state index in [1.54, 1.807) is 6.92 Å². The highest BCUT2D eigenvalue weighted by molar-refractivity contribution is 5.77. The number of primary amides is 1. The van der Waals surface area contributed by atoms with E-state index in [2.05, 4.69) is 0 Å². The van der Waals surface area contributed by atoms with Crippen LogP contribution >= 0.6 is 0 Å². The van der Waals surface area contributed by atoms with Crippen LogP contribution in [0.25, 0.3) is 0 Å². The lowest BCUT2D eigenvalue weighted by Gasteiger charge is -2.31. The molecule has 1 amide bonds. The molecule has 2 nitrogen and oxygen atoms in total. The fourth-order valence-corrected chi connectivity index (χ4v) is 1.79. The van der Waals surface area contributed by atoms with Crippen LogP contribution in [0, 0.1) is 11.8 Å². The predicted octanol–water partition coefficient (Wildman–Crippen LogP) is 1.54. The molecule has 1 rings (SSSR count). The number of halogens is 2. The van der Waals surface area contributed by atoms with Gasteiger partial charge in [0.2, 0.25) is 11.8 Å². The second-order valence-corrected chi connectivity index (χ2v) is 3.58. The topological polar surface area (TPSA) is 43.1 Å². The number of rotatable bonds is 1. The van der Waals surface area contributed by atoms with Gasteiger partial charge in [0.05, 0.1) is 0 Å². The Kier molecular flexibility index (Phi) is 2.35. The first kappa shape index (κ1) is 9.42. The van der Waals surface area contributed by atoms with Crippen LogP contribution in [0.4, 0.5) is 8.78 Å². The monoisotopic (exact) mass is 177 g/mol. The van der Waals surface area contributed by atoms with Crippen molar-refractivity contribution in [1.82, 2.24) is 0 Å². The Morgan fingerprint density at radius 1 is 1.58 bits per heavy atom. The zero-order chi connectivity index (χ0) is 9.35. The van der Waals surface area contributed by atoms with Crippen molar-refractivity contribution < 1.29 is 13.6 Å². The first-order valence-corrected chi connectivity index (χ1v) is 4.09. The molecule has 1 aliphatic carbocycles. The molecule has 12 heavy (non-hydrogen) atoms. The third-order valence-electron chi connectivity index (χ3n) is 2.49. The van der Waals surface area contributed by atoms with E-state index < -0.39 is 11.8 Å². The number of hydrogen-bond acceptors (Lipinski definition) is 1. The van der Waals surface area contributed by atoms with Crippen molar-refractivity contribution in [3.05, 3.63) is 0 Å². The van der Waals surface area contributed by atoms with Gasteiger partial charge in [0.1, 0.15) is 0 Å². The summed E-state index contributed by atoms with van der Waals surface area (Å²) >= 11 is 0. The van der Waals surface area contributed by atoms with E-state index in [-0.39, 0.29) is 31.1 Å². The van der Waals surface area contributed by atoms with Gasteiger partial charge < -0.3 is 5.73 Å². The molecular formula is C8H13F2NO. The molecule has 0 heterocycles. The van der Waals surface area contributed by atoms with Crippen LogP contribution in [0.1, 0.15) is 26.2 Å². The molecule has 4 heteroatoms. The minimum atomic E-state index is -2.59. The molecule has 70 valence electrons. The summed E-state index contributed by atoms with van der Waals surface area (Å²) in [7, 11) is 0. The van der Waals surface area contributed by atoms with Gasteiger partial charge >= 0.3 is 0 Å². The van der Waals surface area contributed by atoms with Crippen LogP contribution in [0.15, 0.2) is 0 Å². The SMILES string of the molecule is CC1CC(F)(F)CCC1C(N)=O. The molecule has 2 atom stereocenters. The maximum atomic E-state index is 12.7. The van der Waals surface area contributed by atoms with E-state index in [0.29, 0.717) is 0 Å². The molecule has 0 aromatic rings. The normalized spacial score (nSPS) is 34.6. The minimum absolute atomic E-state index is 0.203. The van der Waals surface area contributed by atoms with Gasteiger partial charge in [0.25, 0.3) is 0 Å². The van der Waals surface area contributed by atoms with Crippen molar-refractivity contribution >= 4 is 5.91 Å². The van der Waals surface area contributed by atoms with Crippen LogP contribution in [0.3, 0.4) is 0 Å². The molecule has 1 fully saturated rings. The summed E-state index contributed by atoms with van der Waals surface area (Å²) in [4.78, 5) is 10.8. The summed E-state index contributed by atoms with van der Waals surface area (Å²) in [5.41, 5.74) is 5.06. The molecular weight excluding hydrogens is 164 g/mol. The highest BCUT2D eigenvalue weighted by Crippen LogP contribution is 2.39. The third-order valence-corrected chi connectivity index (χ3v) is 2.49. The second-order valence-electron chi connectivity index (χ2n) is 3.58. The summed E-state index contributed by atoms with van der Waals surface area (Å²) in [5, 5.41) is 0. The highest BCUT2D eigenvalue weighted by Gasteiger charge is 2.41. The Labute approximate surface area is 70.1 Å². The number of amides is 1. The maximum absolute atomic E-state index is 12.7. The average molecular weight is 177 g/mol.